The molecule has 0 radical (unpaired) electrons. The van der Waals surface area contributed by atoms with E-state index in [9.17, 15) is 9.59 Å². The Hall–Kier alpha value is -2.40. The lowest BCUT2D eigenvalue weighted by atomic mass is 9.91. The first kappa shape index (κ1) is 31.8. The number of carbonyl (C=O) groups is 2. The van der Waals surface area contributed by atoms with Gasteiger partial charge in [0.25, 0.3) is 0 Å². The van der Waals surface area contributed by atoms with Crippen LogP contribution in [0.25, 0.3) is 6.08 Å². The Morgan fingerprint density at radius 1 is 1.16 bits per heavy atom. The van der Waals surface area contributed by atoms with Gasteiger partial charge >= 0.3 is 0 Å². The van der Waals surface area contributed by atoms with Crippen molar-refractivity contribution in [3.8, 4) is 0 Å². The van der Waals surface area contributed by atoms with Crippen LogP contribution >= 0.6 is 0 Å². The Morgan fingerprint density at radius 2 is 1.78 bits per heavy atom. The quantitative estimate of drug-likeness (QED) is 0.387. The van der Waals surface area contributed by atoms with Crippen molar-refractivity contribution in [3.63, 3.8) is 0 Å². The van der Waals surface area contributed by atoms with E-state index in [1.165, 1.54) is 10.5 Å². The number of allylic oxidation sites excluding steroid dienone is 1. The molecular formula is C27H47N3O2. The molecule has 1 aromatic rings. The van der Waals surface area contributed by atoms with Crippen molar-refractivity contribution < 1.29 is 9.59 Å². The van der Waals surface area contributed by atoms with E-state index in [0.717, 1.165) is 30.5 Å². The Kier molecular flexibility index (Phi) is 19.2. The summed E-state index contributed by atoms with van der Waals surface area (Å²) in [4.78, 5) is 25.3. The molecule has 0 aliphatic rings. The van der Waals surface area contributed by atoms with Gasteiger partial charge in [0.2, 0.25) is 12.3 Å². The third-order valence-electron chi connectivity index (χ3n) is 4.93. The monoisotopic (exact) mass is 445 g/mol. The van der Waals surface area contributed by atoms with E-state index in [2.05, 4.69) is 49.3 Å². The molecule has 2 amide bonds. The zero-order valence-electron chi connectivity index (χ0n) is 21.9. The molecule has 0 bridgehead atoms. The predicted molar refractivity (Wildman–Crippen MR) is 139 cm³/mol. The fraction of sp³-hybridized carbons (Fsp3) is 0.556. The van der Waals surface area contributed by atoms with Gasteiger partial charge in [-0.05, 0) is 75.4 Å². The normalized spacial score (nSPS) is 11.9. The summed E-state index contributed by atoms with van der Waals surface area (Å²) in [7, 11) is 1.98. The van der Waals surface area contributed by atoms with Gasteiger partial charge in [-0.25, -0.2) is 0 Å². The van der Waals surface area contributed by atoms with Crippen LogP contribution in [0.2, 0.25) is 0 Å². The van der Waals surface area contributed by atoms with Gasteiger partial charge in [0.05, 0.1) is 0 Å². The van der Waals surface area contributed by atoms with Crippen molar-refractivity contribution in [1.29, 1.82) is 0 Å². The van der Waals surface area contributed by atoms with Crippen molar-refractivity contribution in [2.75, 3.05) is 13.6 Å². The molecule has 182 valence electrons. The SMILES string of the molecule is C=C(C)NC(=O)C(CC)N(C=O)/C=C\c1ccc(C(CC)CCNC)cc1C.CC.CC. The van der Waals surface area contributed by atoms with Gasteiger partial charge in [-0.15, -0.1) is 0 Å². The summed E-state index contributed by atoms with van der Waals surface area (Å²) in [6.07, 6.45) is 6.99. The van der Waals surface area contributed by atoms with Crippen molar-refractivity contribution in [1.82, 2.24) is 15.5 Å². The van der Waals surface area contributed by atoms with Crippen LogP contribution in [0.4, 0.5) is 0 Å². The van der Waals surface area contributed by atoms with E-state index in [0.29, 0.717) is 24.4 Å². The Bertz CT molecular complexity index is 698. The molecule has 2 atom stereocenters. The highest BCUT2D eigenvalue weighted by molar-refractivity contribution is 5.85. The number of aryl methyl sites for hydroxylation is 1. The van der Waals surface area contributed by atoms with Crippen molar-refractivity contribution >= 4 is 18.4 Å². The van der Waals surface area contributed by atoms with Crippen molar-refractivity contribution in [2.24, 2.45) is 0 Å². The molecule has 2 unspecified atom stereocenters. The smallest absolute Gasteiger partial charge is 0.247 e. The standard InChI is InChI=1S/C23H35N3O2.2C2H6/c1-7-19(11-13-24-6)21-10-9-20(18(5)15-21)12-14-26(16-27)22(8-2)23(28)25-17(3)4;2*1-2/h9-10,12,14-16,19,22,24H,3,7-8,11,13H2,1-2,4-6H3,(H,25,28);2*1-2H3/b14-12-;;. The van der Waals surface area contributed by atoms with Crippen LogP contribution < -0.4 is 10.6 Å². The molecule has 0 saturated carbocycles. The van der Waals surface area contributed by atoms with E-state index in [4.69, 9.17) is 0 Å². The highest BCUT2D eigenvalue weighted by Gasteiger charge is 2.21. The molecule has 5 nitrogen and oxygen atoms in total. The summed E-state index contributed by atoms with van der Waals surface area (Å²) in [5.74, 6) is 0.306. The molecule has 0 saturated heterocycles. The minimum atomic E-state index is -0.559. The van der Waals surface area contributed by atoms with Gasteiger partial charge in [-0.3, -0.25) is 9.59 Å². The second kappa shape index (κ2) is 19.3. The molecule has 1 rings (SSSR count). The maximum absolute atomic E-state index is 12.3. The largest absolute Gasteiger partial charge is 0.329 e. The first-order valence-electron chi connectivity index (χ1n) is 12.0. The van der Waals surface area contributed by atoms with Crippen molar-refractivity contribution in [3.05, 3.63) is 53.4 Å². The van der Waals surface area contributed by atoms with Crippen LogP contribution in [0.5, 0.6) is 0 Å². The lowest BCUT2D eigenvalue weighted by Crippen LogP contribution is -2.43. The van der Waals surface area contributed by atoms with Gasteiger partial charge in [-0.1, -0.05) is 66.3 Å². The minimum absolute atomic E-state index is 0.228. The number of nitrogens with zero attached hydrogens (tertiary/aromatic N) is 1. The van der Waals surface area contributed by atoms with Crippen LogP contribution in [0, 0.1) is 6.92 Å². The molecule has 32 heavy (non-hydrogen) atoms. The Balaban J connectivity index is 0. The van der Waals surface area contributed by atoms with Gasteiger partial charge in [-0.2, -0.15) is 0 Å². The predicted octanol–water partition coefficient (Wildman–Crippen LogP) is 6.01. The van der Waals surface area contributed by atoms with Crippen LogP contribution in [-0.2, 0) is 9.59 Å². The number of hydrogen-bond acceptors (Lipinski definition) is 3. The Morgan fingerprint density at radius 3 is 2.22 bits per heavy atom. The topological polar surface area (TPSA) is 61.4 Å². The first-order valence-corrected chi connectivity index (χ1v) is 12.0. The maximum Gasteiger partial charge on any atom is 0.247 e. The highest BCUT2D eigenvalue weighted by atomic mass is 16.2. The summed E-state index contributed by atoms with van der Waals surface area (Å²) >= 11 is 0. The number of benzene rings is 1. The number of nitrogens with one attached hydrogen (secondary N) is 2. The highest BCUT2D eigenvalue weighted by Crippen LogP contribution is 2.25. The van der Waals surface area contributed by atoms with Gasteiger partial charge in [0.1, 0.15) is 6.04 Å². The summed E-state index contributed by atoms with van der Waals surface area (Å²) in [5, 5.41) is 5.90. The van der Waals surface area contributed by atoms with E-state index in [-0.39, 0.29) is 5.91 Å². The van der Waals surface area contributed by atoms with Crippen LogP contribution in [0.3, 0.4) is 0 Å². The van der Waals surface area contributed by atoms with Crippen LogP contribution in [0.15, 0.2) is 36.7 Å². The number of carbonyl (C=O) groups excluding carboxylic acids is 2. The number of hydrogen-bond donors (Lipinski definition) is 2. The van der Waals surface area contributed by atoms with E-state index in [1.807, 2.05) is 47.7 Å². The van der Waals surface area contributed by atoms with E-state index < -0.39 is 6.04 Å². The molecule has 0 fully saturated rings. The number of rotatable bonds is 12. The van der Waals surface area contributed by atoms with Gasteiger partial charge < -0.3 is 15.5 Å². The van der Waals surface area contributed by atoms with Crippen LogP contribution in [-0.4, -0.2) is 36.9 Å². The van der Waals surface area contributed by atoms with Crippen LogP contribution in [0.1, 0.15) is 90.3 Å². The zero-order valence-corrected chi connectivity index (χ0v) is 21.9. The average molecular weight is 446 g/mol. The average Bonchev–Trinajstić information content (AvgIpc) is 2.80. The number of amides is 2. The lowest BCUT2D eigenvalue weighted by molar-refractivity contribution is -0.130. The van der Waals surface area contributed by atoms with E-state index in [1.54, 1.807) is 13.1 Å². The molecule has 0 heterocycles. The molecule has 0 aromatic heterocycles. The van der Waals surface area contributed by atoms with E-state index >= 15 is 0 Å². The summed E-state index contributed by atoms with van der Waals surface area (Å²) in [5.41, 5.74) is 4.09. The summed E-state index contributed by atoms with van der Waals surface area (Å²) in [6, 6.07) is 5.91. The molecule has 0 aliphatic carbocycles. The molecule has 1 aromatic carbocycles. The lowest BCUT2D eigenvalue weighted by Gasteiger charge is -2.23. The molecular weight excluding hydrogens is 398 g/mol. The fourth-order valence-corrected chi connectivity index (χ4v) is 3.27. The second-order valence-corrected chi connectivity index (χ2v) is 7.18. The molecule has 5 heteroatoms. The second-order valence-electron chi connectivity index (χ2n) is 7.18. The minimum Gasteiger partial charge on any atom is -0.329 e. The van der Waals surface area contributed by atoms with Gasteiger partial charge in [0, 0.05) is 11.9 Å². The van der Waals surface area contributed by atoms with Gasteiger partial charge in [0.15, 0.2) is 0 Å². The van der Waals surface area contributed by atoms with Crippen molar-refractivity contribution in [2.45, 2.75) is 86.6 Å². The molecule has 0 spiro atoms. The zero-order chi connectivity index (χ0) is 25.1. The fourth-order valence-electron chi connectivity index (χ4n) is 3.27. The maximum atomic E-state index is 12.3. The Labute approximate surface area is 197 Å². The summed E-state index contributed by atoms with van der Waals surface area (Å²) in [6.45, 7) is 20.6. The third kappa shape index (κ3) is 11.3. The molecule has 2 N–H and O–H groups in total. The first-order chi connectivity index (χ1) is 15.4. The third-order valence-corrected chi connectivity index (χ3v) is 4.93. The molecule has 0 aliphatic heterocycles. The summed E-state index contributed by atoms with van der Waals surface area (Å²) < 4.78 is 0.